The number of esters is 1. The molecule has 0 spiro atoms. The van der Waals surface area contributed by atoms with Crippen molar-refractivity contribution >= 4 is 47.3 Å². The Hall–Kier alpha value is -4.74. The van der Waals surface area contributed by atoms with E-state index in [9.17, 15) is 14.4 Å². The van der Waals surface area contributed by atoms with E-state index in [0.29, 0.717) is 45.0 Å². The summed E-state index contributed by atoms with van der Waals surface area (Å²) in [6.07, 6.45) is 1.48. The van der Waals surface area contributed by atoms with Crippen LogP contribution < -0.4 is 30.3 Å². The van der Waals surface area contributed by atoms with Crippen LogP contribution in [-0.4, -0.2) is 44.4 Å². The van der Waals surface area contributed by atoms with Gasteiger partial charge in [-0.15, -0.1) is 0 Å². The van der Waals surface area contributed by atoms with E-state index in [4.69, 9.17) is 42.1 Å². The van der Waals surface area contributed by atoms with E-state index in [0.717, 1.165) is 5.56 Å². The van der Waals surface area contributed by atoms with Gasteiger partial charge in [-0.2, -0.15) is 5.10 Å². The van der Waals surface area contributed by atoms with E-state index in [1.807, 2.05) is 6.07 Å². The standard InChI is InChI=1S/C31H30Cl2N4O7/c1-4-42-30(39)28-18(2)35-31(40)36-29(28)21-9-11-25(26(14-21)41-3)44-17-27(38)37-34-15-19-6-5-7-22(12-19)43-16-20-8-10-23(32)24(33)13-20/h5-15,29H,4,16-17H2,1-3H3,(H,37,38)(H2,35,36,40)/b34-15-/t29-/m1/s1. The highest BCUT2D eigenvalue weighted by Crippen LogP contribution is 2.34. The molecule has 1 aliphatic rings. The lowest BCUT2D eigenvalue weighted by atomic mass is 9.95. The third kappa shape index (κ3) is 8.42. The molecule has 0 aliphatic carbocycles. The second kappa shape index (κ2) is 15.1. The molecule has 0 unspecified atom stereocenters. The van der Waals surface area contributed by atoms with Crippen LogP contribution >= 0.6 is 23.2 Å². The highest BCUT2D eigenvalue weighted by molar-refractivity contribution is 6.42. The van der Waals surface area contributed by atoms with Crippen LogP contribution in [0.25, 0.3) is 0 Å². The molecule has 4 rings (SSSR count). The molecular weight excluding hydrogens is 611 g/mol. The van der Waals surface area contributed by atoms with Crippen LogP contribution in [-0.2, 0) is 20.9 Å². The fourth-order valence-electron chi connectivity index (χ4n) is 4.24. The van der Waals surface area contributed by atoms with E-state index < -0.39 is 23.9 Å². The summed E-state index contributed by atoms with van der Waals surface area (Å²) in [5.41, 5.74) is 5.19. The van der Waals surface area contributed by atoms with Gasteiger partial charge in [0, 0.05) is 5.70 Å². The molecule has 3 aromatic carbocycles. The fraction of sp³-hybridized carbons (Fsp3) is 0.226. The average Bonchev–Trinajstić information content (AvgIpc) is 3.00. The topological polar surface area (TPSA) is 137 Å². The second-order valence-corrected chi connectivity index (χ2v) is 10.2. The Labute approximate surface area is 264 Å². The summed E-state index contributed by atoms with van der Waals surface area (Å²) in [5.74, 6) is 0.120. The maximum atomic E-state index is 12.6. The minimum Gasteiger partial charge on any atom is -0.493 e. The summed E-state index contributed by atoms with van der Waals surface area (Å²) >= 11 is 12.0. The lowest BCUT2D eigenvalue weighted by molar-refractivity contribution is -0.139. The molecule has 230 valence electrons. The highest BCUT2D eigenvalue weighted by atomic mass is 35.5. The predicted molar refractivity (Wildman–Crippen MR) is 165 cm³/mol. The number of hydrazone groups is 1. The summed E-state index contributed by atoms with van der Waals surface area (Å²) in [7, 11) is 1.44. The molecule has 0 bridgehead atoms. The second-order valence-electron chi connectivity index (χ2n) is 9.39. The molecule has 3 amide bonds. The van der Waals surface area contributed by atoms with Crippen molar-refractivity contribution in [2.24, 2.45) is 5.10 Å². The third-order valence-electron chi connectivity index (χ3n) is 6.29. The minimum absolute atomic E-state index is 0.181. The summed E-state index contributed by atoms with van der Waals surface area (Å²) in [4.78, 5) is 37.1. The number of benzene rings is 3. The number of carbonyl (C=O) groups is 3. The summed E-state index contributed by atoms with van der Waals surface area (Å²) < 4.78 is 22.1. The summed E-state index contributed by atoms with van der Waals surface area (Å²) in [6, 6.07) is 16.1. The first-order chi connectivity index (χ1) is 21.2. The molecule has 1 heterocycles. The van der Waals surface area contributed by atoms with Gasteiger partial charge in [-0.1, -0.05) is 47.5 Å². The molecule has 3 N–H and O–H groups in total. The van der Waals surface area contributed by atoms with Crippen LogP contribution in [0, 0.1) is 0 Å². The molecule has 13 heteroatoms. The number of allylic oxidation sites excluding steroid dienone is 1. The lowest BCUT2D eigenvalue weighted by Gasteiger charge is -2.28. The van der Waals surface area contributed by atoms with Crippen molar-refractivity contribution in [2.45, 2.75) is 26.5 Å². The minimum atomic E-state index is -0.775. The van der Waals surface area contributed by atoms with Crippen LogP contribution in [0.15, 0.2) is 77.0 Å². The van der Waals surface area contributed by atoms with E-state index in [1.54, 1.807) is 68.4 Å². The SMILES string of the molecule is CCOC(=O)C1=C(C)NC(=O)N[C@@H]1c1ccc(OCC(=O)N/N=C\c2cccc(OCc3ccc(Cl)c(Cl)c3)c2)c(OC)c1. The first-order valence-electron chi connectivity index (χ1n) is 13.4. The van der Waals surface area contributed by atoms with E-state index in [-0.39, 0.29) is 24.5 Å². The van der Waals surface area contributed by atoms with Gasteiger partial charge in [-0.05, 0) is 66.9 Å². The molecule has 0 saturated heterocycles. The number of nitrogens with zero attached hydrogens (tertiary/aromatic N) is 1. The normalized spacial score (nSPS) is 14.5. The quantitative estimate of drug-likeness (QED) is 0.139. The van der Waals surface area contributed by atoms with E-state index in [1.165, 1.54) is 13.3 Å². The van der Waals surface area contributed by atoms with Crippen LogP contribution in [0.3, 0.4) is 0 Å². The summed E-state index contributed by atoms with van der Waals surface area (Å²) in [5, 5.41) is 10.2. The Morgan fingerprint density at radius 2 is 1.84 bits per heavy atom. The Morgan fingerprint density at radius 1 is 1.02 bits per heavy atom. The monoisotopic (exact) mass is 640 g/mol. The maximum Gasteiger partial charge on any atom is 0.338 e. The average molecular weight is 642 g/mol. The molecule has 0 fully saturated rings. The van der Waals surface area contributed by atoms with Crippen LogP contribution in [0.4, 0.5) is 4.79 Å². The summed E-state index contributed by atoms with van der Waals surface area (Å²) in [6.45, 7) is 3.45. The third-order valence-corrected chi connectivity index (χ3v) is 7.03. The molecule has 1 aliphatic heterocycles. The van der Waals surface area contributed by atoms with Gasteiger partial charge in [-0.25, -0.2) is 15.0 Å². The molecule has 1 atom stereocenters. The van der Waals surface area contributed by atoms with Gasteiger partial charge in [-0.3, -0.25) is 4.79 Å². The number of amides is 3. The van der Waals surface area contributed by atoms with Crippen molar-refractivity contribution in [3.8, 4) is 17.2 Å². The predicted octanol–water partition coefficient (Wildman–Crippen LogP) is 5.30. The van der Waals surface area contributed by atoms with Crippen LogP contribution in [0.5, 0.6) is 17.2 Å². The van der Waals surface area contributed by atoms with Gasteiger partial charge >= 0.3 is 12.0 Å². The molecule has 11 nitrogen and oxygen atoms in total. The number of rotatable bonds is 12. The number of ether oxygens (including phenoxy) is 4. The molecule has 3 aromatic rings. The number of halogens is 2. The highest BCUT2D eigenvalue weighted by Gasteiger charge is 2.32. The largest absolute Gasteiger partial charge is 0.493 e. The van der Waals surface area contributed by atoms with Crippen molar-refractivity contribution in [1.29, 1.82) is 0 Å². The molecule has 0 saturated carbocycles. The first kappa shape index (κ1) is 32.2. The van der Waals surface area contributed by atoms with Gasteiger partial charge in [0.05, 0.1) is 41.6 Å². The Bertz CT molecular complexity index is 1610. The maximum absolute atomic E-state index is 12.6. The Morgan fingerprint density at radius 3 is 2.59 bits per heavy atom. The number of carbonyl (C=O) groups excluding carboxylic acids is 3. The van der Waals surface area contributed by atoms with Crippen molar-refractivity contribution in [1.82, 2.24) is 16.1 Å². The Balaban J connectivity index is 1.33. The zero-order valence-electron chi connectivity index (χ0n) is 24.1. The lowest BCUT2D eigenvalue weighted by Crippen LogP contribution is -2.45. The van der Waals surface area contributed by atoms with E-state index in [2.05, 4.69) is 21.2 Å². The number of hydrogen-bond acceptors (Lipinski definition) is 8. The van der Waals surface area contributed by atoms with Gasteiger partial charge in [0.15, 0.2) is 18.1 Å². The van der Waals surface area contributed by atoms with Gasteiger partial charge < -0.3 is 29.6 Å². The van der Waals surface area contributed by atoms with Crippen molar-refractivity contribution < 1.29 is 33.3 Å². The molecule has 0 radical (unpaired) electrons. The molecular formula is C31H30Cl2N4O7. The molecule has 44 heavy (non-hydrogen) atoms. The van der Waals surface area contributed by atoms with E-state index >= 15 is 0 Å². The zero-order chi connectivity index (χ0) is 31.6. The Kier molecular flexibility index (Phi) is 11.1. The van der Waals surface area contributed by atoms with Crippen molar-refractivity contribution in [2.75, 3.05) is 20.3 Å². The van der Waals surface area contributed by atoms with Gasteiger partial charge in [0.1, 0.15) is 12.4 Å². The number of hydrogen-bond donors (Lipinski definition) is 3. The fourth-order valence-corrected chi connectivity index (χ4v) is 4.56. The number of methoxy groups -OCH3 is 1. The van der Waals surface area contributed by atoms with Gasteiger partial charge in [0.25, 0.3) is 5.91 Å². The molecule has 0 aromatic heterocycles. The number of nitrogens with one attached hydrogen (secondary N) is 3. The van der Waals surface area contributed by atoms with Gasteiger partial charge in [0.2, 0.25) is 0 Å². The zero-order valence-corrected chi connectivity index (χ0v) is 25.6. The van der Waals surface area contributed by atoms with Crippen LogP contribution in [0.1, 0.15) is 36.6 Å². The van der Waals surface area contributed by atoms with Crippen molar-refractivity contribution in [3.05, 3.63) is 98.7 Å². The smallest absolute Gasteiger partial charge is 0.338 e. The number of urea groups is 1. The van der Waals surface area contributed by atoms with Crippen molar-refractivity contribution in [3.63, 3.8) is 0 Å². The first-order valence-corrected chi connectivity index (χ1v) is 14.2. The van der Waals surface area contributed by atoms with Crippen LogP contribution in [0.2, 0.25) is 10.0 Å².